The van der Waals surface area contributed by atoms with Gasteiger partial charge in [-0.2, -0.15) is 5.26 Å². The van der Waals surface area contributed by atoms with E-state index >= 15 is 0 Å². The number of anilines is 2. The number of nitriles is 1. The molecule has 8 nitrogen and oxygen atoms in total. The summed E-state index contributed by atoms with van der Waals surface area (Å²) in [5.74, 6) is -1.77. The molecule has 0 heterocycles. The average Bonchev–Trinajstić information content (AvgIpc) is 2.85. The third kappa shape index (κ3) is 7.78. The Morgan fingerprint density at radius 2 is 1.35 bits per heavy atom. The van der Waals surface area contributed by atoms with Gasteiger partial charge in [-0.3, -0.25) is 4.79 Å². The van der Waals surface area contributed by atoms with Crippen LogP contribution in [0.5, 0.6) is 0 Å². The zero-order valence-electron chi connectivity index (χ0n) is 19.4. The van der Waals surface area contributed by atoms with E-state index in [0.29, 0.717) is 12.3 Å². The summed E-state index contributed by atoms with van der Waals surface area (Å²) in [6.07, 6.45) is 4.48. The molecule has 0 fully saturated rings. The quantitative estimate of drug-likeness (QED) is 0.195. The Balaban J connectivity index is 2.14. The molecule has 0 aliphatic heterocycles. The molecule has 178 valence electrons. The minimum Gasteiger partial charge on any atom is -0.462 e. The lowest BCUT2D eigenvalue weighted by Crippen LogP contribution is -2.18. The zero-order valence-corrected chi connectivity index (χ0v) is 19.4. The molecule has 0 bridgehead atoms. The number of hydrogen-bond donors (Lipinski definition) is 2. The first-order chi connectivity index (χ1) is 16.5. The highest BCUT2D eigenvalue weighted by Crippen LogP contribution is 2.19. The molecule has 0 saturated carbocycles. The van der Waals surface area contributed by atoms with Crippen molar-refractivity contribution in [1.82, 2.24) is 0 Å². The van der Waals surface area contributed by atoms with Gasteiger partial charge < -0.3 is 20.1 Å². The second kappa shape index (κ2) is 14.1. The predicted octanol–water partition coefficient (Wildman–Crippen LogP) is 5.06. The standard InChI is InChI=1S/C26H29N3O5/c1-3-5-15-33-25(31)20-11-7-9-13-22(20)28-18-19(17-27)24(30)29-23-14-10-8-12-21(23)26(32)34-16-6-4-2/h7-14,18,28H,3-6,15-16H2,1-2H3,(H,29,30)/b19-18-. The first kappa shape index (κ1) is 26.1. The minimum atomic E-state index is -0.716. The van der Waals surface area contributed by atoms with E-state index in [9.17, 15) is 19.6 Å². The summed E-state index contributed by atoms with van der Waals surface area (Å²) < 4.78 is 10.5. The summed E-state index contributed by atoms with van der Waals surface area (Å²) in [6.45, 7) is 4.58. The molecular formula is C26H29N3O5. The zero-order chi connectivity index (χ0) is 24.8. The number of unbranched alkanes of at least 4 members (excludes halogenated alkanes) is 2. The van der Waals surface area contributed by atoms with Gasteiger partial charge in [0, 0.05) is 6.20 Å². The Morgan fingerprint density at radius 3 is 1.88 bits per heavy atom. The van der Waals surface area contributed by atoms with E-state index in [1.54, 1.807) is 42.5 Å². The fourth-order valence-electron chi connectivity index (χ4n) is 2.82. The highest BCUT2D eigenvalue weighted by molar-refractivity contribution is 6.09. The highest BCUT2D eigenvalue weighted by Gasteiger charge is 2.17. The largest absolute Gasteiger partial charge is 0.462 e. The summed E-state index contributed by atoms with van der Waals surface area (Å²) in [4.78, 5) is 37.4. The fourth-order valence-corrected chi connectivity index (χ4v) is 2.82. The Morgan fingerprint density at radius 1 is 0.853 bits per heavy atom. The molecule has 0 aliphatic rings. The molecule has 0 unspecified atom stereocenters. The SMILES string of the molecule is CCCCOC(=O)c1ccccc1N/C=C(/C#N)C(=O)Nc1ccccc1C(=O)OCCCC. The van der Waals surface area contributed by atoms with E-state index in [4.69, 9.17) is 9.47 Å². The molecule has 0 atom stereocenters. The number of rotatable bonds is 12. The molecule has 0 spiro atoms. The van der Waals surface area contributed by atoms with Crippen molar-refractivity contribution in [3.63, 3.8) is 0 Å². The van der Waals surface area contributed by atoms with Crippen molar-refractivity contribution in [3.8, 4) is 6.07 Å². The second-order valence-electron chi connectivity index (χ2n) is 7.34. The smallest absolute Gasteiger partial charge is 0.340 e. The van der Waals surface area contributed by atoms with Gasteiger partial charge in [0.05, 0.1) is 35.7 Å². The average molecular weight is 464 g/mol. The van der Waals surface area contributed by atoms with Crippen molar-refractivity contribution in [3.05, 3.63) is 71.4 Å². The number of para-hydroxylation sites is 2. The van der Waals surface area contributed by atoms with Crippen LogP contribution >= 0.6 is 0 Å². The molecule has 0 aliphatic carbocycles. The topological polar surface area (TPSA) is 118 Å². The monoisotopic (exact) mass is 463 g/mol. The molecule has 2 N–H and O–H groups in total. The lowest BCUT2D eigenvalue weighted by atomic mass is 10.1. The summed E-state index contributed by atoms with van der Waals surface area (Å²) >= 11 is 0. The van der Waals surface area contributed by atoms with Crippen LogP contribution in [0.1, 0.15) is 60.2 Å². The maximum Gasteiger partial charge on any atom is 0.340 e. The van der Waals surface area contributed by atoms with Crippen molar-refractivity contribution in [1.29, 1.82) is 5.26 Å². The van der Waals surface area contributed by atoms with Crippen LogP contribution in [0.3, 0.4) is 0 Å². The Labute approximate surface area is 199 Å². The number of nitrogens with zero attached hydrogens (tertiary/aromatic N) is 1. The molecule has 34 heavy (non-hydrogen) atoms. The minimum absolute atomic E-state index is 0.192. The third-order valence-corrected chi connectivity index (χ3v) is 4.74. The van der Waals surface area contributed by atoms with Crippen LogP contribution in [0.15, 0.2) is 60.3 Å². The van der Waals surface area contributed by atoms with Gasteiger partial charge in [0.2, 0.25) is 0 Å². The van der Waals surface area contributed by atoms with E-state index in [1.807, 2.05) is 19.9 Å². The fraction of sp³-hybridized carbons (Fsp3) is 0.308. The van der Waals surface area contributed by atoms with Crippen LogP contribution in [0.4, 0.5) is 11.4 Å². The maximum atomic E-state index is 12.7. The number of carbonyl (C=O) groups is 3. The van der Waals surface area contributed by atoms with Crippen LogP contribution in [-0.4, -0.2) is 31.1 Å². The molecule has 8 heteroatoms. The van der Waals surface area contributed by atoms with Gasteiger partial charge >= 0.3 is 11.9 Å². The van der Waals surface area contributed by atoms with Crippen LogP contribution in [0.2, 0.25) is 0 Å². The summed E-state index contributed by atoms with van der Waals surface area (Å²) in [6, 6.07) is 14.9. The van der Waals surface area contributed by atoms with Gasteiger partial charge in [-0.15, -0.1) is 0 Å². The second-order valence-corrected chi connectivity index (χ2v) is 7.34. The van der Waals surface area contributed by atoms with Gasteiger partial charge in [0.25, 0.3) is 5.91 Å². The third-order valence-electron chi connectivity index (χ3n) is 4.74. The molecular weight excluding hydrogens is 434 g/mol. The normalized spacial score (nSPS) is 10.7. The molecule has 1 amide bonds. The molecule has 0 radical (unpaired) electrons. The Hall–Kier alpha value is -4.12. The summed E-state index contributed by atoms with van der Waals surface area (Å²) in [5.41, 5.74) is 0.855. The summed E-state index contributed by atoms with van der Waals surface area (Å²) in [5, 5.41) is 14.9. The maximum absolute atomic E-state index is 12.7. The number of ether oxygens (including phenoxy) is 2. The predicted molar refractivity (Wildman–Crippen MR) is 129 cm³/mol. The van der Waals surface area contributed by atoms with Gasteiger partial charge in [-0.05, 0) is 37.1 Å². The van der Waals surface area contributed by atoms with Crippen molar-refractivity contribution >= 4 is 29.2 Å². The molecule has 0 saturated heterocycles. The number of hydrogen-bond acceptors (Lipinski definition) is 7. The van der Waals surface area contributed by atoms with Gasteiger partial charge in [-0.25, -0.2) is 9.59 Å². The van der Waals surface area contributed by atoms with E-state index in [-0.39, 0.29) is 29.0 Å². The summed E-state index contributed by atoms with van der Waals surface area (Å²) in [7, 11) is 0. The lowest BCUT2D eigenvalue weighted by Gasteiger charge is -2.11. The van der Waals surface area contributed by atoms with E-state index in [0.717, 1.165) is 25.7 Å². The van der Waals surface area contributed by atoms with E-state index in [1.165, 1.54) is 12.3 Å². The van der Waals surface area contributed by atoms with Crippen molar-refractivity contribution in [2.24, 2.45) is 0 Å². The molecule has 2 aromatic carbocycles. The van der Waals surface area contributed by atoms with Gasteiger partial charge in [0.1, 0.15) is 11.6 Å². The Bertz CT molecular complexity index is 1070. The van der Waals surface area contributed by atoms with Crippen molar-refractivity contribution in [2.75, 3.05) is 23.8 Å². The molecule has 2 rings (SSSR count). The highest BCUT2D eigenvalue weighted by atomic mass is 16.5. The number of carbonyl (C=O) groups excluding carboxylic acids is 3. The lowest BCUT2D eigenvalue weighted by molar-refractivity contribution is -0.112. The number of benzene rings is 2. The first-order valence-electron chi connectivity index (χ1n) is 11.2. The van der Waals surface area contributed by atoms with Crippen molar-refractivity contribution in [2.45, 2.75) is 39.5 Å². The number of esters is 2. The van der Waals surface area contributed by atoms with Gasteiger partial charge in [0.15, 0.2) is 0 Å². The van der Waals surface area contributed by atoms with Crippen LogP contribution in [0, 0.1) is 11.3 Å². The number of nitrogens with one attached hydrogen (secondary N) is 2. The first-order valence-corrected chi connectivity index (χ1v) is 11.2. The van der Waals surface area contributed by atoms with E-state index in [2.05, 4.69) is 10.6 Å². The molecule has 0 aromatic heterocycles. The Kier molecular flexibility index (Phi) is 10.8. The number of amides is 1. The van der Waals surface area contributed by atoms with E-state index < -0.39 is 17.8 Å². The van der Waals surface area contributed by atoms with Crippen LogP contribution in [0.25, 0.3) is 0 Å². The van der Waals surface area contributed by atoms with Crippen LogP contribution in [-0.2, 0) is 14.3 Å². The van der Waals surface area contributed by atoms with Gasteiger partial charge in [-0.1, -0.05) is 51.0 Å². The van der Waals surface area contributed by atoms with Crippen LogP contribution < -0.4 is 10.6 Å². The van der Waals surface area contributed by atoms with Crippen molar-refractivity contribution < 1.29 is 23.9 Å². The molecule has 2 aromatic rings.